The first-order chi connectivity index (χ1) is 19.1. The van der Waals surface area contributed by atoms with Gasteiger partial charge in [-0.3, -0.25) is 9.59 Å². The molecule has 39 heavy (non-hydrogen) atoms. The lowest BCUT2D eigenvalue weighted by molar-refractivity contribution is -0.142. The van der Waals surface area contributed by atoms with Crippen LogP contribution >= 0.6 is 11.3 Å². The van der Waals surface area contributed by atoms with Crippen LogP contribution in [0.3, 0.4) is 0 Å². The van der Waals surface area contributed by atoms with Gasteiger partial charge in [-0.15, -0.1) is 16.4 Å². The van der Waals surface area contributed by atoms with Crippen molar-refractivity contribution in [3.05, 3.63) is 112 Å². The van der Waals surface area contributed by atoms with Crippen molar-refractivity contribution in [2.75, 3.05) is 6.61 Å². The molecule has 0 saturated carbocycles. The van der Waals surface area contributed by atoms with Crippen LogP contribution in [-0.4, -0.2) is 38.3 Å². The second-order valence-electron chi connectivity index (χ2n) is 8.91. The number of benzene rings is 3. The van der Waals surface area contributed by atoms with Crippen LogP contribution < -0.4 is 10.1 Å². The van der Waals surface area contributed by atoms with Crippen molar-refractivity contribution in [1.29, 1.82) is 0 Å². The molecule has 0 aliphatic carbocycles. The standard InChI is InChI=1S/C30H29N5O3S/c1-2-38-27-17-9-6-14-24(27)29(30(37)31-19-22-11-4-3-5-12-22)34(20-23-13-10-18-39-23)28(36)21-35-26-16-8-7-15-25(26)32-33-35/h3-18,29H,2,19-21H2,1H3,(H,31,37)/t29-/m0/s1. The molecule has 2 aromatic heterocycles. The van der Waals surface area contributed by atoms with Gasteiger partial charge >= 0.3 is 0 Å². The Morgan fingerprint density at radius 3 is 2.54 bits per heavy atom. The lowest BCUT2D eigenvalue weighted by Gasteiger charge is -2.32. The largest absolute Gasteiger partial charge is 0.494 e. The summed E-state index contributed by atoms with van der Waals surface area (Å²) in [7, 11) is 0. The zero-order chi connectivity index (χ0) is 27.0. The molecule has 0 spiro atoms. The molecule has 0 radical (unpaired) electrons. The third-order valence-corrected chi connectivity index (χ3v) is 7.18. The Hall–Kier alpha value is -4.50. The highest BCUT2D eigenvalue weighted by molar-refractivity contribution is 7.09. The molecule has 5 rings (SSSR count). The minimum absolute atomic E-state index is 0.0643. The van der Waals surface area contributed by atoms with Crippen molar-refractivity contribution in [3.8, 4) is 5.75 Å². The second-order valence-corrected chi connectivity index (χ2v) is 9.95. The molecule has 9 heteroatoms. The molecule has 0 saturated heterocycles. The minimum Gasteiger partial charge on any atom is -0.494 e. The van der Waals surface area contributed by atoms with Crippen molar-refractivity contribution < 1.29 is 14.3 Å². The molecule has 2 heterocycles. The van der Waals surface area contributed by atoms with E-state index in [1.54, 1.807) is 9.58 Å². The molecule has 0 unspecified atom stereocenters. The second kappa shape index (κ2) is 12.4. The molecule has 2 amide bonds. The Labute approximate surface area is 230 Å². The third kappa shape index (κ3) is 6.15. The quantitative estimate of drug-likeness (QED) is 0.256. The van der Waals surface area contributed by atoms with Gasteiger partial charge in [-0.1, -0.05) is 71.9 Å². The maximum atomic E-state index is 14.1. The monoisotopic (exact) mass is 539 g/mol. The highest BCUT2D eigenvalue weighted by Crippen LogP contribution is 2.32. The van der Waals surface area contributed by atoms with Gasteiger partial charge in [0, 0.05) is 17.0 Å². The normalized spacial score (nSPS) is 11.7. The van der Waals surface area contributed by atoms with Crippen LogP contribution in [0.5, 0.6) is 5.75 Å². The number of amides is 2. The van der Waals surface area contributed by atoms with Crippen LogP contribution in [-0.2, 0) is 29.2 Å². The van der Waals surface area contributed by atoms with Gasteiger partial charge in [-0.25, -0.2) is 4.68 Å². The number of fused-ring (bicyclic) bond motifs is 1. The molecule has 5 aromatic rings. The number of thiophene rings is 1. The lowest BCUT2D eigenvalue weighted by atomic mass is 10.0. The summed E-state index contributed by atoms with van der Waals surface area (Å²) >= 11 is 1.54. The van der Waals surface area contributed by atoms with E-state index >= 15 is 0 Å². The topological polar surface area (TPSA) is 89.4 Å². The summed E-state index contributed by atoms with van der Waals surface area (Å²) in [6.07, 6.45) is 0. The number of aromatic nitrogens is 3. The van der Waals surface area contributed by atoms with Gasteiger partial charge in [-0.2, -0.15) is 0 Å². The van der Waals surface area contributed by atoms with E-state index in [1.165, 1.54) is 11.3 Å². The first kappa shape index (κ1) is 26.1. The molecule has 0 aliphatic rings. The smallest absolute Gasteiger partial charge is 0.247 e. The highest BCUT2D eigenvalue weighted by Gasteiger charge is 2.34. The van der Waals surface area contributed by atoms with E-state index in [0.29, 0.717) is 30.0 Å². The molecular formula is C30H29N5O3S. The van der Waals surface area contributed by atoms with Crippen molar-refractivity contribution in [2.45, 2.75) is 32.6 Å². The molecule has 0 fully saturated rings. The Balaban J connectivity index is 1.53. The molecule has 0 aliphatic heterocycles. The minimum atomic E-state index is -0.930. The number of carbonyl (C=O) groups is 2. The predicted octanol–water partition coefficient (Wildman–Crippen LogP) is 4.98. The first-order valence-electron chi connectivity index (χ1n) is 12.8. The fourth-order valence-corrected chi connectivity index (χ4v) is 5.18. The zero-order valence-corrected chi connectivity index (χ0v) is 22.4. The maximum absolute atomic E-state index is 14.1. The Morgan fingerprint density at radius 2 is 1.74 bits per heavy atom. The van der Waals surface area contributed by atoms with Gasteiger partial charge in [0.25, 0.3) is 0 Å². The summed E-state index contributed by atoms with van der Waals surface area (Å²) in [5, 5.41) is 13.4. The van der Waals surface area contributed by atoms with Crippen LogP contribution in [0.4, 0.5) is 0 Å². The zero-order valence-electron chi connectivity index (χ0n) is 21.6. The Bertz CT molecular complexity index is 1530. The lowest BCUT2D eigenvalue weighted by Crippen LogP contribution is -2.44. The van der Waals surface area contributed by atoms with Gasteiger partial charge in [0.2, 0.25) is 11.8 Å². The van der Waals surface area contributed by atoms with E-state index in [9.17, 15) is 9.59 Å². The van der Waals surface area contributed by atoms with Crippen molar-refractivity contribution in [3.63, 3.8) is 0 Å². The van der Waals surface area contributed by atoms with Gasteiger partial charge in [-0.05, 0) is 42.1 Å². The van der Waals surface area contributed by atoms with E-state index in [1.807, 2.05) is 103 Å². The molecule has 8 nitrogen and oxygen atoms in total. The van der Waals surface area contributed by atoms with Crippen LogP contribution in [0.1, 0.15) is 29.0 Å². The van der Waals surface area contributed by atoms with E-state index in [4.69, 9.17) is 4.74 Å². The molecule has 0 bridgehead atoms. The number of hydrogen-bond donors (Lipinski definition) is 1. The number of hydrogen-bond acceptors (Lipinski definition) is 6. The van der Waals surface area contributed by atoms with E-state index < -0.39 is 6.04 Å². The highest BCUT2D eigenvalue weighted by atomic mass is 32.1. The van der Waals surface area contributed by atoms with Gasteiger partial charge in [0.1, 0.15) is 23.9 Å². The summed E-state index contributed by atoms with van der Waals surface area (Å²) in [6.45, 7) is 2.85. The summed E-state index contributed by atoms with van der Waals surface area (Å²) in [4.78, 5) is 30.6. The molecule has 1 N–H and O–H groups in total. The van der Waals surface area contributed by atoms with Crippen LogP contribution in [0, 0.1) is 0 Å². The third-order valence-electron chi connectivity index (χ3n) is 6.31. The van der Waals surface area contributed by atoms with Gasteiger partial charge in [0.05, 0.1) is 18.7 Å². The van der Waals surface area contributed by atoms with Gasteiger partial charge in [0.15, 0.2) is 0 Å². The number of carbonyl (C=O) groups excluding carboxylic acids is 2. The van der Waals surface area contributed by atoms with E-state index in [2.05, 4.69) is 15.6 Å². The summed E-state index contributed by atoms with van der Waals surface area (Å²) in [5.41, 5.74) is 3.04. The molecule has 198 valence electrons. The Morgan fingerprint density at radius 1 is 0.974 bits per heavy atom. The average molecular weight is 540 g/mol. The van der Waals surface area contributed by atoms with Crippen LogP contribution in [0.15, 0.2) is 96.4 Å². The SMILES string of the molecule is CCOc1ccccc1[C@@H](C(=O)NCc1ccccc1)N(Cc1cccs1)C(=O)Cn1nnc2ccccc21. The van der Waals surface area contributed by atoms with E-state index in [0.717, 1.165) is 16.0 Å². The molecular weight excluding hydrogens is 510 g/mol. The average Bonchev–Trinajstić information content (AvgIpc) is 3.63. The number of rotatable bonds is 11. The van der Waals surface area contributed by atoms with Gasteiger partial charge < -0.3 is 15.0 Å². The summed E-state index contributed by atoms with van der Waals surface area (Å²) in [5.74, 6) is 0.0135. The number of para-hydroxylation sites is 2. The fraction of sp³-hybridized carbons (Fsp3) is 0.200. The Kier molecular flexibility index (Phi) is 8.28. The maximum Gasteiger partial charge on any atom is 0.247 e. The predicted molar refractivity (Wildman–Crippen MR) is 151 cm³/mol. The van der Waals surface area contributed by atoms with E-state index in [-0.39, 0.29) is 24.9 Å². The number of nitrogens with one attached hydrogen (secondary N) is 1. The van der Waals surface area contributed by atoms with Crippen molar-refractivity contribution >= 4 is 34.2 Å². The van der Waals surface area contributed by atoms with Crippen molar-refractivity contribution in [2.24, 2.45) is 0 Å². The van der Waals surface area contributed by atoms with Crippen molar-refractivity contribution in [1.82, 2.24) is 25.2 Å². The fourth-order valence-electron chi connectivity index (χ4n) is 4.47. The number of nitrogens with zero attached hydrogens (tertiary/aromatic N) is 4. The molecule has 1 atom stereocenters. The molecule has 3 aromatic carbocycles. The first-order valence-corrected chi connectivity index (χ1v) is 13.7. The summed E-state index contributed by atoms with van der Waals surface area (Å²) < 4.78 is 7.49. The summed E-state index contributed by atoms with van der Waals surface area (Å²) in [6, 6.07) is 27.5. The number of ether oxygens (including phenoxy) is 1. The van der Waals surface area contributed by atoms with Crippen LogP contribution in [0.2, 0.25) is 0 Å². The van der Waals surface area contributed by atoms with Crippen LogP contribution in [0.25, 0.3) is 11.0 Å².